The number of hydrogen-bond donors (Lipinski definition) is 2. The minimum atomic E-state index is -0.852. The number of primary amides is 1. The van der Waals surface area contributed by atoms with E-state index in [1.54, 1.807) is 17.2 Å². The monoisotopic (exact) mass is 444 g/mol. The van der Waals surface area contributed by atoms with Crippen LogP contribution in [0.15, 0.2) is 72.9 Å². The predicted octanol–water partition coefficient (Wildman–Crippen LogP) is 4.40. The summed E-state index contributed by atoms with van der Waals surface area (Å²) in [6.07, 6.45) is 2.44. The molecule has 1 aliphatic heterocycles. The van der Waals surface area contributed by atoms with Gasteiger partial charge in [0.1, 0.15) is 11.4 Å². The first kappa shape index (κ1) is 22.3. The Morgan fingerprint density at radius 2 is 1.79 bits per heavy atom. The number of carbonyl (C=O) groups is 2. The quantitative estimate of drug-likeness (QED) is 0.561. The highest BCUT2D eigenvalue weighted by Crippen LogP contribution is 2.40. The molecule has 0 saturated carbocycles. The first-order valence-corrected chi connectivity index (χ1v) is 11.0. The summed E-state index contributed by atoms with van der Waals surface area (Å²) >= 11 is 0. The Hall–Kier alpha value is -3.87. The maximum atomic E-state index is 13.1. The number of carbonyl (C=O) groups excluding carboxylic acids is 2. The zero-order valence-electron chi connectivity index (χ0n) is 18.6. The zero-order valence-corrected chi connectivity index (χ0v) is 18.6. The Labute approximate surface area is 193 Å². The molecule has 33 heavy (non-hydrogen) atoms. The van der Waals surface area contributed by atoms with E-state index in [4.69, 9.17) is 16.2 Å². The molecule has 2 atom stereocenters. The van der Waals surface area contributed by atoms with Crippen LogP contribution < -0.4 is 11.5 Å². The topological polar surface area (TPSA) is 112 Å². The number of ether oxygens (including phenoxy) is 1. The molecule has 1 fully saturated rings. The molecule has 0 bridgehead atoms. The summed E-state index contributed by atoms with van der Waals surface area (Å²) in [5.41, 5.74) is 14.1. The van der Waals surface area contributed by atoms with Crippen LogP contribution in [0.1, 0.15) is 43.4 Å². The van der Waals surface area contributed by atoms with Crippen LogP contribution >= 0.6 is 0 Å². The molecule has 4 rings (SSSR count). The van der Waals surface area contributed by atoms with E-state index in [1.165, 1.54) is 0 Å². The largest absolute Gasteiger partial charge is 0.438 e. The van der Waals surface area contributed by atoms with Crippen molar-refractivity contribution >= 4 is 17.8 Å². The van der Waals surface area contributed by atoms with Gasteiger partial charge in [-0.2, -0.15) is 0 Å². The maximum absolute atomic E-state index is 13.1. The van der Waals surface area contributed by atoms with Gasteiger partial charge in [0.05, 0.1) is 6.04 Å². The van der Waals surface area contributed by atoms with E-state index in [0.29, 0.717) is 25.2 Å². The molecule has 1 aromatic heterocycles. The Balaban J connectivity index is 1.51. The van der Waals surface area contributed by atoms with Crippen molar-refractivity contribution in [1.29, 1.82) is 0 Å². The molecule has 1 aliphatic rings. The molecule has 170 valence electrons. The van der Waals surface area contributed by atoms with Gasteiger partial charge in [-0.3, -0.25) is 4.79 Å². The van der Waals surface area contributed by atoms with Crippen LogP contribution in [0.3, 0.4) is 0 Å². The Kier molecular flexibility index (Phi) is 6.31. The lowest BCUT2D eigenvalue weighted by Crippen LogP contribution is -2.49. The van der Waals surface area contributed by atoms with Crippen LogP contribution in [0.5, 0.6) is 0 Å². The van der Waals surface area contributed by atoms with E-state index in [0.717, 1.165) is 22.3 Å². The number of aromatic nitrogens is 1. The molecule has 0 radical (unpaired) electrons. The molecule has 7 heteroatoms. The van der Waals surface area contributed by atoms with Gasteiger partial charge in [-0.05, 0) is 35.7 Å². The van der Waals surface area contributed by atoms with Crippen LogP contribution in [0, 0.1) is 0 Å². The summed E-state index contributed by atoms with van der Waals surface area (Å²) < 4.78 is 6.03. The smallest absolute Gasteiger partial charge is 0.411 e. The molecule has 2 aromatic carbocycles. The molecule has 4 N–H and O–H groups in total. The lowest BCUT2D eigenvalue weighted by atomic mass is 9.84. The van der Waals surface area contributed by atoms with E-state index < -0.39 is 17.6 Å². The van der Waals surface area contributed by atoms with Gasteiger partial charge in [0.15, 0.2) is 0 Å². The molecule has 7 nitrogen and oxygen atoms in total. The van der Waals surface area contributed by atoms with Crippen molar-refractivity contribution in [2.45, 2.75) is 37.8 Å². The van der Waals surface area contributed by atoms with Crippen LogP contribution in [-0.2, 0) is 15.1 Å². The van der Waals surface area contributed by atoms with Gasteiger partial charge in [-0.1, -0.05) is 54.6 Å². The van der Waals surface area contributed by atoms with Crippen molar-refractivity contribution in [3.05, 3.63) is 84.1 Å². The molecular formula is C26H28N4O3. The fourth-order valence-corrected chi connectivity index (χ4v) is 4.32. The van der Waals surface area contributed by atoms with Crippen LogP contribution in [0.2, 0.25) is 0 Å². The molecule has 1 saturated heterocycles. The normalized spacial score (nSPS) is 19.1. The van der Waals surface area contributed by atoms with Crippen molar-refractivity contribution in [1.82, 2.24) is 9.88 Å². The fraction of sp³-hybridized carbons (Fsp3) is 0.269. The van der Waals surface area contributed by atoms with Crippen molar-refractivity contribution in [3.8, 4) is 11.1 Å². The number of rotatable bonds is 7. The van der Waals surface area contributed by atoms with Gasteiger partial charge in [-0.15, -0.1) is 0 Å². The van der Waals surface area contributed by atoms with Crippen LogP contribution in [0.25, 0.3) is 11.1 Å². The van der Waals surface area contributed by atoms with E-state index >= 15 is 0 Å². The maximum Gasteiger partial charge on any atom is 0.411 e. The lowest BCUT2D eigenvalue weighted by Gasteiger charge is -2.43. The highest BCUT2D eigenvalue weighted by molar-refractivity contribution is 5.74. The highest BCUT2D eigenvalue weighted by Gasteiger charge is 2.43. The minimum absolute atomic E-state index is 0.152. The van der Waals surface area contributed by atoms with E-state index in [9.17, 15) is 9.59 Å². The van der Waals surface area contributed by atoms with E-state index in [1.807, 2.05) is 67.6 Å². The number of pyridine rings is 1. The summed E-state index contributed by atoms with van der Waals surface area (Å²) in [5.74, 6) is 0.0727. The van der Waals surface area contributed by atoms with E-state index in [-0.39, 0.29) is 12.5 Å². The minimum Gasteiger partial charge on any atom is -0.438 e. The molecule has 2 amide bonds. The SMILES string of the molecule is C[C@@H](c1ccc(-c2ccc(N)nc2)cc1)N1CC[C@](CCC(N)=O)(c2ccccc2)OC1=O. The summed E-state index contributed by atoms with van der Waals surface area (Å²) in [4.78, 5) is 30.5. The van der Waals surface area contributed by atoms with Crippen molar-refractivity contribution in [2.75, 3.05) is 12.3 Å². The van der Waals surface area contributed by atoms with Gasteiger partial charge in [0.2, 0.25) is 5.91 Å². The average Bonchev–Trinajstić information content (AvgIpc) is 2.83. The number of amides is 2. The van der Waals surface area contributed by atoms with Gasteiger partial charge in [-0.25, -0.2) is 9.78 Å². The summed E-state index contributed by atoms with van der Waals surface area (Å²) in [7, 11) is 0. The van der Waals surface area contributed by atoms with Gasteiger partial charge >= 0.3 is 6.09 Å². The van der Waals surface area contributed by atoms with Crippen molar-refractivity contribution in [3.63, 3.8) is 0 Å². The number of hydrogen-bond acceptors (Lipinski definition) is 5. The third-order valence-electron chi connectivity index (χ3n) is 6.33. The number of anilines is 1. The van der Waals surface area contributed by atoms with Crippen molar-refractivity contribution in [2.24, 2.45) is 5.73 Å². The lowest BCUT2D eigenvalue weighted by molar-refractivity contribution is -0.121. The third-order valence-corrected chi connectivity index (χ3v) is 6.33. The number of nitrogens with zero attached hydrogens (tertiary/aromatic N) is 2. The average molecular weight is 445 g/mol. The third kappa shape index (κ3) is 4.82. The molecular weight excluding hydrogens is 416 g/mol. The van der Waals surface area contributed by atoms with Crippen LogP contribution in [0.4, 0.5) is 10.6 Å². The number of cyclic esters (lactones) is 1. The first-order valence-electron chi connectivity index (χ1n) is 11.0. The Bertz CT molecular complexity index is 1120. The van der Waals surface area contributed by atoms with Gasteiger partial charge in [0, 0.05) is 37.6 Å². The Morgan fingerprint density at radius 1 is 1.09 bits per heavy atom. The standard InChI is InChI=1S/C26H28N4O3/c1-18(19-7-9-20(10-8-19)21-11-12-23(27)29-17-21)30-16-15-26(33-25(30)32,14-13-24(28)31)22-5-3-2-4-6-22/h2-12,17-18H,13-16H2,1H3,(H2,27,29)(H2,28,31)/t18-,26+/m0/s1. The van der Waals surface area contributed by atoms with Gasteiger partial charge in [0.25, 0.3) is 0 Å². The second-order valence-electron chi connectivity index (χ2n) is 8.41. The molecule has 0 unspecified atom stereocenters. The first-order chi connectivity index (χ1) is 15.9. The number of benzene rings is 2. The molecule has 2 heterocycles. The molecule has 0 spiro atoms. The van der Waals surface area contributed by atoms with Gasteiger partial charge < -0.3 is 21.1 Å². The summed E-state index contributed by atoms with van der Waals surface area (Å²) in [6, 6.07) is 21.2. The summed E-state index contributed by atoms with van der Waals surface area (Å²) in [5, 5.41) is 0. The van der Waals surface area contributed by atoms with E-state index in [2.05, 4.69) is 4.98 Å². The second-order valence-corrected chi connectivity index (χ2v) is 8.41. The summed E-state index contributed by atoms with van der Waals surface area (Å²) in [6.45, 7) is 2.50. The Morgan fingerprint density at radius 3 is 2.39 bits per heavy atom. The predicted molar refractivity (Wildman–Crippen MR) is 127 cm³/mol. The molecule has 3 aromatic rings. The zero-order chi connectivity index (χ0) is 23.4. The number of nitrogens with two attached hydrogens (primary N) is 2. The number of nitrogen functional groups attached to an aromatic ring is 1. The fourth-order valence-electron chi connectivity index (χ4n) is 4.32. The van der Waals surface area contributed by atoms with Crippen LogP contribution in [-0.4, -0.2) is 28.4 Å². The highest BCUT2D eigenvalue weighted by atomic mass is 16.6. The molecule has 0 aliphatic carbocycles. The second kappa shape index (κ2) is 9.32. The van der Waals surface area contributed by atoms with Crippen molar-refractivity contribution < 1.29 is 14.3 Å².